The van der Waals surface area contributed by atoms with Crippen molar-refractivity contribution in [2.75, 3.05) is 13.2 Å². The largest absolute Gasteiger partial charge is 0.395 e. The van der Waals surface area contributed by atoms with E-state index in [1.807, 2.05) is 18.2 Å². The Morgan fingerprint density at radius 1 is 1.39 bits per heavy atom. The van der Waals surface area contributed by atoms with Crippen LogP contribution in [0.4, 0.5) is 0 Å². The summed E-state index contributed by atoms with van der Waals surface area (Å²) < 4.78 is 0. The normalized spacial score (nSPS) is 15.7. The quantitative estimate of drug-likeness (QED) is 0.793. The Hall–Kier alpha value is -1.39. The van der Waals surface area contributed by atoms with Crippen LogP contribution < -0.4 is 5.73 Å². The zero-order valence-electron chi connectivity index (χ0n) is 10.5. The van der Waals surface area contributed by atoms with E-state index in [0.29, 0.717) is 24.7 Å². The molecule has 1 fully saturated rings. The van der Waals surface area contributed by atoms with Crippen molar-refractivity contribution < 1.29 is 9.90 Å². The number of aliphatic hydroxyl groups is 1. The summed E-state index contributed by atoms with van der Waals surface area (Å²) in [6.45, 7) is 1.48. The first-order chi connectivity index (χ1) is 8.72. The number of carbonyl (C=O) groups excluding carboxylic acids is 1. The molecule has 0 aliphatic heterocycles. The van der Waals surface area contributed by atoms with Gasteiger partial charge in [-0.1, -0.05) is 24.6 Å². The highest BCUT2D eigenvalue weighted by atomic mass is 16.3. The van der Waals surface area contributed by atoms with E-state index in [1.165, 1.54) is 19.3 Å². The molecule has 1 aliphatic carbocycles. The minimum absolute atomic E-state index is 0.148. The van der Waals surface area contributed by atoms with Crippen LogP contribution in [-0.2, 0) is 6.54 Å². The van der Waals surface area contributed by atoms with Crippen molar-refractivity contribution in [1.29, 1.82) is 0 Å². The van der Waals surface area contributed by atoms with E-state index in [1.54, 1.807) is 6.07 Å². The van der Waals surface area contributed by atoms with Crippen LogP contribution >= 0.6 is 0 Å². The lowest BCUT2D eigenvalue weighted by molar-refractivity contribution is 0.0925. The fourth-order valence-electron chi connectivity index (χ4n) is 2.39. The van der Waals surface area contributed by atoms with Crippen molar-refractivity contribution in [3.63, 3.8) is 0 Å². The molecule has 0 bridgehead atoms. The highest BCUT2D eigenvalue weighted by Gasteiger charge is 2.25. The molecule has 98 valence electrons. The summed E-state index contributed by atoms with van der Waals surface area (Å²) >= 11 is 0. The number of nitrogens with two attached hydrogens (primary N) is 1. The summed E-state index contributed by atoms with van der Waals surface area (Å²) in [6, 6.07) is 7.97. The fraction of sp³-hybridized carbons (Fsp3) is 0.500. The van der Waals surface area contributed by atoms with Crippen LogP contribution in [-0.4, -0.2) is 35.1 Å². The summed E-state index contributed by atoms with van der Waals surface area (Å²) in [5, 5.41) is 9.13. The minimum Gasteiger partial charge on any atom is -0.395 e. The predicted octanol–water partition coefficient (Wildman–Crippen LogP) is 1.13. The molecule has 2 rings (SSSR count). The van der Waals surface area contributed by atoms with E-state index in [2.05, 4.69) is 4.90 Å². The van der Waals surface area contributed by atoms with Crippen LogP contribution in [0.5, 0.6) is 0 Å². The molecule has 0 unspecified atom stereocenters. The van der Waals surface area contributed by atoms with Crippen LogP contribution in [0.15, 0.2) is 24.3 Å². The molecule has 1 aromatic rings. The molecule has 18 heavy (non-hydrogen) atoms. The van der Waals surface area contributed by atoms with Gasteiger partial charge < -0.3 is 10.8 Å². The Kier molecular flexibility index (Phi) is 4.33. The number of hydrogen-bond donors (Lipinski definition) is 2. The van der Waals surface area contributed by atoms with E-state index in [0.717, 1.165) is 5.56 Å². The SMILES string of the molecule is NC(=O)c1ccccc1CN(CCO)C1CCC1. The van der Waals surface area contributed by atoms with E-state index in [9.17, 15) is 4.79 Å². The van der Waals surface area contributed by atoms with Gasteiger partial charge in [0.1, 0.15) is 0 Å². The average Bonchev–Trinajstić information content (AvgIpc) is 2.27. The summed E-state index contributed by atoms with van der Waals surface area (Å²) in [5.41, 5.74) is 6.91. The minimum atomic E-state index is -0.386. The zero-order chi connectivity index (χ0) is 13.0. The average molecular weight is 248 g/mol. The fourth-order valence-corrected chi connectivity index (χ4v) is 2.39. The van der Waals surface area contributed by atoms with Gasteiger partial charge in [0.05, 0.1) is 6.61 Å². The van der Waals surface area contributed by atoms with Gasteiger partial charge in [-0.15, -0.1) is 0 Å². The van der Waals surface area contributed by atoms with Gasteiger partial charge in [0, 0.05) is 24.7 Å². The standard InChI is InChI=1S/C14H20N2O2/c15-14(18)13-7-2-1-4-11(13)10-16(8-9-17)12-5-3-6-12/h1-2,4,7,12,17H,3,5-6,8-10H2,(H2,15,18). The molecule has 1 saturated carbocycles. The maximum Gasteiger partial charge on any atom is 0.249 e. The molecule has 0 atom stereocenters. The number of aliphatic hydroxyl groups excluding tert-OH is 1. The number of primary amides is 1. The molecule has 1 aliphatic rings. The Balaban J connectivity index is 2.12. The zero-order valence-corrected chi connectivity index (χ0v) is 10.5. The van der Waals surface area contributed by atoms with Crippen LogP contribution in [0.25, 0.3) is 0 Å². The van der Waals surface area contributed by atoms with Crippen molar-refractivity contribution in [3.8, 4) is 0 Å². The number of rotatable bonds is 6. The van der Waals surface area contributed by atoms with Crippen molar-refractivity contribution in [2.45, 2.75) is 31.8 Å². The van der Waals surface area contributed by atoms with Gasteiger partial charge in [0.2, 0.25) is 5.91 Å². The maximum atomic E-state index is 11.4. The molecule has 4 heteroatoms. The van der Waals surface area contributed by atoms with Gasteiger partial charge in [-0.05, 0) is 24.5 Å². The second-order valence-electron chi connectivity index (χ2n) is 4.80. The number of hydrogen-bond acceptors (Lipinski definition) is 3. The lowest BCUT2D eigenvalue weighted by atomic mass is 9.91. The van der Waals surface area contributed by atoms with E-state index < -0.39 is 0 Å². The molecule has 0 heterocycles. The lowest BCUT2D eigenvalue weighted by Gasteiger charge is -2.37. The molecular weight excluding hydrogens is 228 g/mol. The molecule has 3 N–H and O–H groups in total. The third-order valence-electron chi connectivity index (χ3n) is 3.63. The Morgan fingerprint density at radius 2 is 2.11 bits per heavy atom. The molecule has 0 saturated heterocycles. The van der Waals surface area contributed by atoms with Gasteiger partial charge in [-0.2, -0.15) is 0 Å². The Bertz CT molecular complexity index is 416. The topological polar surface area (TPSA) is 66.6 Å². The molecular formula is C14H20N2O2. The van der Waals surface area contributed by atoms with Gasteiger partial charge >= 0.3 is 0 Å². The van der Waals surface area contributed by atoms with Crippen molar-refractivity contribution in [1.82, 2.24) is 4.90 Å². The first-order valence-electron chi connectivity index (χ1n) is 6.45. The monoisotopic (exact) mass is 248 g/mol. The molecule has 1 aromatic carbocycles. The van der Waals surface area contributed by atoms with E-state index >= 15 is 0 Å². The van der Waals surface area contributed by atoms with Gasteiger partial charge in [-0.3, -0.25) is 9.69 Å². The summed E-state index contributed by atoms with van der Waals surface area (Å²) in [5.74, 6) is -0.386. The predicted molar refractivity (Wildman–Crippen MR) is 70.1 cm³/mol. The molecule has 0 spiro atoms. The third-order valence-corrected chi connectivity index (χ3v) is 3.63. The summed E-state index contributed by atoms with van der Waals surface area (Å²) in [7, 11) is 0. The second-order valence-corrected chi connectivity index (χ2v) is 4.80. The van der Waals surface area contributed by atoms with Crippen molar-refractivity contribution in [2.24, 2.45) is 5.73 Å². The Labute approximate surface area is 107 Å². The Morgan fingerprint density at radius 3 is 2.67 bits per heavy atom. The molecule has 0 aromatic heterocycles. The maximum absolute atomic E-state index is 11.4. The number of carbonyl (C=O) groups is 1. The highest BCUT2D eigenvalue weighted by Crippen LogP contribution is 2.26. The summed E-state index contributed by atoms with van der Waals surface area (Å²) in [4.78, 5) is 13.6. The molecule has 1 amide bonds. The first kappa shape index (κ1) is 13.1. The van der Waals surface area contributed by atoms with Gasteiger partial charge in [0.25, 0.3) is 0 Å². The lowest BCUT2D eigenvalue weighted by Crippen LogP contribution is -2.41. The summed E-state index contributed by atoms with van der Waals surface area (Å²) in [6.07, 6.45) is 3.61. The molecule has 4 nitrogen and oxygen atoms in total. The van der Waals surface area contributed by atoms with Crippen LogP contribution in [0.1, 0.15) is 35.2 Å². The van der Waals surface area contributed by atoms with Crippen molar-refractivity contribution >= 4 is 5.91 Å². The molecule has 0 radical (unpaired) electrons. The number of amides is 1. The van der Waals surface area contributed by atoms with Crippen molar-refractivity contribution in [3.05, 3.63) is 35.4 Å². The first-order valence-corrected chi connectivity index (χ1v) is 6.45. The second kappa shape index (κ2) is 5.98. The van der Waals surface area contributed by atoms with E-state index in [-0.39, 0.29) is 12.5 Å². The number of nitrogens with zero attached hydrogens (tertiary/aromatic N) is 1. The van der Waals surface area contributed by atoms with Gasteiger partial charge in [-0.25, -0.2) is 0 Å². The van der Waals surface area contributed by atoms with Gasteiger partial charge in [0.15, 0.2) is 0 Å². The number of benzene rings is 1. The van der Waals surface area contributed by atoms with Crippen LogP contribution in [0.3, 0.4) is 0 Å². The smallest absolute Gasteiger partial charge is 0.249 e. The third kappa shape index (κ3) is 2.89. The highest BCUT2D eigenvalue weighted by molar-refractivity contribution is 5.94. The van der Waals surface area contributed by atoms with Crippen LogP contribution in [0, 0.1) is 0 Å². The van der Waals surface area contributed by atoms with Crippen LogP contribution in [0.2, 0.25) is 0 Å². The van der Waals surface area contributed by atoms with E-state index in [4.69, 9.17) is 10.8 Å².